The molecule has 1 aromatic rings. The molecule has 0 bridgehead atoms. The molecular weight excluding hydrogens is 284 g/mol. The van der Waals surface area contributed by atoms with Gasteiger partial charge in [-0.2, -0.15) is 0 Å². The maximum absolute atomic E-state index is 11.6. The van der Waals surface area contributed by atoms with E-state index < -0.39 is 14.8 Å². The van der Waals surface area contributed by atoms with Crippen molar-refractivity contribution in [3.63, 3.8) is 0 Å². The first-order valence-electron chi connectivity index (χ1n) is 6.14. The summed E-state index contributed by atoms with van der Waals surface area (Å²) in [4.78, 5) is 16.5. The third-order valence-corrected chi connectivity index (χ3v) is 5.04. The van der Waals surface area contributed by atoms with Crippen LogP contribution >= 0.6 is 0 Å². The highest BCUT2D eigenvalue weighted by molar-refractivity contribution is 7.91. The molecular formula is C11H16N4O4S. The first kappa shape index (κ1) is 14.5. The SMILES string of the molecule is CNc1ccc([N+](=O)[O-])c(N2CCS(=O)(=O)CC2C)n1. The van der Waals surface area contributed by atoms with Crippen LogP contribution < -0.4 is 10.2 Å². The van der Waals surface area contributed by atoms with Crippen LogP contribution in [0.1, 0.15) is 6.92 Å². The summed E-state index contributed by atoms with van der Waals surface area (Å²) < 4.78 is 23.2. The Morgan fingerprint density at radius 2 is 2.20 bits per heavy atom. The second-order valence-corrected chi connectivity index (χ2v) is 6.93. The van der Waals surface area contributed by atoms with Crippen LogP contribution in [0.3, 0.4) is 0 Å². The number of hydrogen-bond acceptors (Lipinski definition) is 7. The Morgan fingerprint density at radius 1 is 1.50 bits per heavy atom. The zero-order chi connectivity index (χ0) is 14.9. The van der Waals surface area contributed by atoms with Crippen molar-refractivity contribution in [3.8, 4) is 0 Å². The van der Waals surface area contributed by atoms with Gasteiger partial charge in [0.15, 0.2) is 9.84 Å². The Hall–Kier alpha value is -1.90. The Labute approximate surface area is 116 Å². The zero-order valence-corrected chi connectivity index (χ0v) is 12.1. The average Bonchev–Trinajstić information content (AvgIpc) is 2.36. The predicted octanol–water partition coefficient (Wildman–Crippen LogP) is 0.655. The summed E-state index contributed by atoms with van der Waals surface area (Å²) in [6.07, 6.45) is 0. The molecule has 0 spiro atoms. The summed E-state index contributed by atoms with van der Waals surface area (Å²) in [5.41, 5.74) is -0.116. The summed E-state index contributed by atoms with van der Waals surface area (Å²) in [6, 6.07) is 2.56. The highest BCUT2D eigenvalue weighted by atomic mass is 32.2. The molecule has 0 radical (unpaired) electrons. The van der Waals surface area contributed by atoms with Crippen molar-refractivity contribution in [2.75, 3.05) is 35.3 Å². The van der Waals surface area contributed by atoms with E-state index in [4.69, 9.17) is 0 Å². The molecule has 1 N–H and O–H groups in total. The van der Waals surface area contributed by atoms with Gasteiger partial charge in [0.1, 0.15) is 5.82 Å². The van der Waals surface area contributed by atoms with Gasteiger partial charge >= 0.3 is 5.69 Å². The number of rotatable bonds is 3. The van der Waals surface area contributed by atoms with Gasteiger partial charge in [-0.15, -0.1) is 0 Å². The van der Waals surface area contributed by atoms with E-state index in [1.54, 1.807) is 18.9 Å². The van der Waals surface area contributed by atoms with E-state index in [9.17, 15) is 18.5 Å². The van der Waals surface area contributed by atoms with Crippen molar-refractivity contribution in [3.05, 3.63) is 22.2 Å². The molecule has 0 aliphatic carbocycles. The molecule has 8 nitrogen and oxygen atoms in total. The van der Waals surface area contributed by atoms with E-state index in [1.165, 1.54) is 12.1 Å². The second-order valence-electron chi connectivity index (χ2n) is 4.70. The summed E-state index contributed by atoms with van der Waals surface area (Å²) in [6.45, 7) is 1.94. The van der Waals surface area contributed by atoms with Crippen molar-refractivity contribution in [2.24, 2.45) is 0 Å². The Bertz CT molecular complexity index is 631. The molecule has 1 unspecified atom stereocenters. The lowest BCUT2D eigenvalue weighted by atomic mass is 10.2. The molecule has 110 valence electrons. The number of pyridine rings is 1. The van der Waals surface area contributed by atoms with E-state index in [2.05, 4.69) is 10.3 Å². The second kappa shape index (κ2) is 5.23. The summed E-state index contributed by atoms with van der Waals surface area (Å²) >= 11 is 0. The minimum atomic E-state index is -3.08. The Kier molecular flexibility index (Phi) is 3.80. The Morgan fingerprint density at radius 3 is 2.75 bits per heavy atom. The van der Waals surface area contributed by atoms with E-state index in [0.717, 1.165) is 0 Å². The standard InChI is InChI=1S/C11H16N4O4S/c1-8-7-20(18,19)6-5-14(8)11-9(15(16)17)3-4-10(12-2)13-11/h3-4,8H,5-7H2,1-2H3,(H,12,13). The van der Waals surface area contributed by atoms with E-state index in [0.29, 0.717) is 5.82 Å². The summed E-state index contributed by atoms with van der Waals surface area (Å²) in [5.74, 6) is 0.686. The van der Waals surface area contributed by atoms with Gasteiger partial charge < -0.3 is 10.2 Å². The zero-order valence-electron chi connectivity index (χ0n) is 11.2. The normalized spacial score (nSPS) is 21.5. The first-order valence-corrected chi connectivity index (χ1v) is 7.96. The van der Waals surface area contributed by atoms with Gasteiger partial charge in [-0.1, -0.05) is 0 Å². The lowest BCUT2D eigenvalue weighted by Crippen LogP contribution is -2.47. The monoisotopic (exact) mass is 300 g/mol. The van der Waals surface area contributed by atoms with Gasteiger partial charge in [0.25, 0.3) is 0 Å². The molecule has 2 heterocycles. The van der Waals surface area contributed by atoms with Crippen molar-refractivity contribution < 1.29 is 13.3 Å². The summed E-state index contributed by atoms with van der Waals surface area (Å²) in [5, 5.41) is 13.9. The van der Waals surface area contributed by atoms with Crippen molar-refractivity contribution >= 4 is 27.2 Å². The molecule has 0 aromatic carbocycles. The average molecular weight is 300 g/mol. The van der Waals surface area contributed by atoms with Crippen molar-refractivity contribution in [1.82, 2.24) is 4.98 Å². The van der Waals surface area contributed by atoms with E-state index >= 15 is 0 Å². The quantitative estimate of drug-likeness (QED) is 0.645. The fraction of sp³-hybridized carbons (Fsp3) is 0.545. The highest BCUT2D eigenvalue weighted by Gasteiger charge is 2.33. The number of hydrogen-bond donors (Lipinski definition) is 1. The fourth-order valence-electron chi connectivity index (χ4n) is 2.25. The maximum atomic E-state index is 11.6. The third-order valence-electron chi connectivity index (χ3n) is 3.25. The molecule has 1 aromatic heterocycles. The molecule has 1 aliphatic rings. The lowest BCUT2D eigenvalue weighted by molar-refractivity contribution is -0.384. The van der Waals surface area contributed by atoms with E-state index in [-0.39, 0.29) is 35.6 Å². The van der Waals surface area contributed by atoms with Crippen LogP contribution in [0.15, 0.2) is 12.1 Å². The predicted molar refractivity (Wildman–Crippen MR) is 75.9 cm³/mol. The van der Waals surface area contributed by atoms with Crippen LogP contribution in [0.5, 0.6) is 0 Å². The van der Waals surface area contributed by atoms with Crippen LogP contribution in [0, 0.1) is 10.1 Å². The molecule has 1 aliphatic heterocycles. The van der Waals surface area contributed by atoms with E-state index in [1.807, 2.05) is 0 Å². The van der Waals surface area contributed by atoms with Crippen LogP contribution in [-0.4, -0.2) is 49.5 Å². The molecule has 0 amide bonds. The fourth-order valence-corrected chi connectivity index (χ4v) is 3.80. The molecule has 0 saturated carbocycles. The minimum absolute atomic E-state index is 0.0139. The number of nitrogens with zero attached hydrogens (tertiary/aromatic N) is 3. The number of nitro groups is 1. The summed E-state index contributed by atoms with van der Waals surface area (Å²) in [7, 11) is -1.41. The third kappa shape index (κ3) is 2.82. The van der Waals surface area contributed by atoms with Gasteiger partial charge in [-0.3, -0.25) is 10.1 Å². The first-order chi connectivity index (χ1) is 9.34. The molecule has 20 heavy (non-hydrogen) atoms. The molecule has 1 saturated heterocycles. The van der Waals surface area contributed by atoms with Gasteiger partial charge in [-0.05, 0) is 13.0 Å². The topological polar surface area (TPSA) is 105 Å². The van der Waals surface area contributed by atoms with Crippen molar-refractivity contribution in [2.45, 2.75) is 13.0 Å². The lowest BCUT2D eigenvalue weighted by Gasteiger charge is -2.33. The smallest absolute Gasteiger partial charge is 0.311 e. The molecule has 9 heteroatoms. The van der Waals surface area contributed by atoms with Crippen LogP contribution in [0.25, 0.3) is 0 Å². The molecule has 1 atom stereocenters. The largest absolute Gasteiger partial charge is 0.373 e. The number of nitrogens with one attached hydrogen (secondary N) is 1. The van der Waals surface area contributed by atoms with Gasteiger partial charge in [0, 0.05) is 25.7 Å². The maximum Gasteiger partial charge on any atom is 0.311 e. The van der Waals surface area contributed by atoms with Gasteiger partial charge in [0.05, 0.1) is 16.4 Å². The molecule has 1 fully saturated rings. The molecule has 2 rings (SSSR count). The van der Waals surface area contributed by atoms with Crippen LogP contribution in [0.2, 0.25) is 0 Å². The van der Waals surface area contributed by atoms with Crippen LogP contribution in [0.4, 0.5) is 17.3 Å². The van der Waals surface area contributed by atoms with Gasteiger partial charge in [0.2, 0.25) is 5.82 Å². The number of aromatic nitrogens is 1. The highest BCUT2D eigenvalue weighted by Crippen LogP contribution is 2.30. The Balaban J connectivity index is 2.43. The van der Waals surface area contributed by atoms with Crippen LogP contribution in [-0.2, 0) is 9.84 Å². The van der Waals surface area contributed by atoms with Crippen molar-refractivity contribution in [1.29, 1.82) is 0 Å². The number of sulfone groups is 1. The minimum Gasteiger partial charge on any atom is -0.373 e. The number of anilines is 2. The van der Waals surface area contributed by atoms with Gasteiger partial charge in [-0.25, -0.2) is 13.4 Å².